The molecule has 0 aliphatic heterocycles. The van der Waals surface area contributed by atoms with Crippen LogP contribution < -0.4 is 21.4 Å². The van der Waals surface area contributed by atoms with Crippen molar-refractivity contribution in [3.63, 3.8) is 0 Å². The highest BCUT2D eigenvalue weighted by molar-refractivity contribution is 5.52. The summed E-state index contributed by atoms with van der Waals surface area (Å²) in [5.74, 6) is 0.610. The molecule has 5 nitrogen and oxygen atoms in total. The third-order valence-corrected chi connectivity index (χ3v) is 7.13. The summed E-state index contributed by atoms with van der Waals surface area (Å²) in [4.78, 5) is 9.84. The number of benzene rings is 1. The fourth-order valence-electron chi connectivity index (χ4n) is 4.95. The summed E-state index contributed by atoms with van der Waals surface area (Å²) < 4.78 is 4.57. The number of nitrogens with one attached hydrogen (secondary N) is 1. The normalized spacial score (nSPS) is 14.9. The van der Waals surface area contributed by atoms with Crippen molar-refractivity contribution in [2.75, 3.05) is 5.32 Å². The zero-order valence-corrected chi connectivity index (χ0v) is 23.8. The van der Waals surface area contributed by atoms with Gasteiger partial charge >= 0.3 is 0 Å². The number of hydrogen-bond donors (Lipinski definition) is 1. The van der Waals surface area contributed by atoms with Crippen molar-refractivity contribution < 1.29 is 0 Å². The van der Waals surface area contributed by atoms with Gasteiger partial charge in [-0.15, -0.1) is 0 Å². The lowest BCUT2D eigenvalue weighted by molar-refractivity contribution is 0.533. The van der Waals surface area contributed by atoms with Crippen molar-refractivity contribution >= 4 is 18.3 Å². The van der Waals surface area contributed by atoms with E-state index in [0.29, 0.717) is 11.9 Å². The second-order valence-electron chi connectivity index (χ2n) is 11.2. The summed E-state index contributed by atoms with van der Waals surface area (Å²) >= 11 is 0. The molecule has 0 spiro atoms. The third kappa shape index (κ3) is 5.51. The lowest BCUT2D eigenvalue weighted by Crippen LogP contribution is -2.35. The quantitative estimate of drug-likeness (QED) is 0.426. The van der Waals surface area contributed by atoms with Gasteiger partial charge in [0.05, 0.1) is 17.1 Å². The van der Waals surface area contributed by atoms with Crippen molar-refractivity contribution in [3.8, 4) is 5.69 Å². The van der Waals surface area contributed by atoms with E-state index in [2.05, 4.69) is 107 Å². The van der Waals surface area contributed by atoms with Crippen molar-refractivity contribution in [3.05, 3.63) is 81.3 Å². The minimum absolute atomic E-state index is 0.0592. The van der Waals surface area contributed by atoms with Gasteiger partial charge in [0, 0.05) is 28.2 Å². The maximum Gasteiger partial charge on any atom is 0.163 e. The van der Waals surface area contributed by atoms with E-state index in [-0.39, 0.29) is 5.41 Å². The van der Waals surface area contributed by atoms with Gasteiger partial charge in [0.2, 0.25) is 0 Å². The molecule has 0 radical (unpaired) electrons. The van der Waals surface area contributed by atoms with Crippen LogP contribution in [0.4, 0.5) is 5.69 Å². The Kier molecular flexibility index (Phi) is 7.63. The van der Waals surface area contributed by atoms with E-state index < -0.39 is 0 Å². The van der Waals surface area contributed by atoms with Gasteiger partial charge < -0.3 is 5.32 Å². The number of anilines is 1. The minimum Gasteiger partial charge on any atom is -0.341 e. The molecule has 0 atom stereocenters. The fourth-order valence-corrected chi connectivity index (χ4v) is 4.95. The zero-order chi connectivity index (χ0) is 26.9. The molecule has 1 aromatic carbocycles. The van der Waals surface area contributed by atoms with Gasteiger partial charge in [-0.3, -0.25) is 9.67 Å². The third-order valence-electron chi connectivity index (χ3n) is 7.13. The van der Waals surface area contributed by atoms with Crippen LogP contribution in [0.3, 0.4) is 0 Å². The number of hydrogen-bond acceptors (Lipinski definition) is 3. The highest BCUT2D eigenvalue weighted by atomic mass is 15.4. The van der Waals surface area contributed by atoms with Crippen LogP contribution in [0.15, 0.2) is 47.9 Å². The zero-order valence-electron chi connectivity index (χ0n) is 23.8. The second-order valence-corrected chi connectivity index (χ2v) is 11.2. The lowest BCUT2D eigenvalue weighted by atomic mass is 9.91. The topological polar surface area (TPSA) is 47.1 Å². The highest BCUT2D eigenvalue weighted by Gasteiger charge is 2.29. The largest absolute Gasteiger partial charge is 0.341 e. The van der Waals surface area contributed by atoms with E-state index in [1.807, 2.05) is 6.20 Å². The lowest BCUT2D eigenvalue weighted by Gasteiger charge is -2.21. The molecule has 4 rings (SSSR count). The summed E-state index contributed by atoms with van der Waals surface area (Å²) in [5, 5.41) is 5.49. The average Bonchev–Trinajstić information content (AvgIpc) is 3.63. The first-order chi connectivity index (χ1) is 17.6. The van der Waals surface area contributed by atoms with Crippen LogP contribution in [0.2, 0.25) is 0 Å². The number of rotatable bonds is 8. The SMILES string of the molecule is C=C(/N=c1\c(=C/C)c(=C)n(C2CC2)n1-c1cc(C(C)(C)C)ncc1C)Nc1ccc(CC)c(CCC)c1. The highest BCUT2D eigenvalue weighted by Crippen LogP contribution is 2.34. The molecule has 1 saturated carbocycles. The molecule has 37 heavy (non-hydrogen) atoms. The molecule has 196 valence electrons. The molecule has 1 aliphatic rings. The molecule has 1 N–H and O–H groups in total. The molecular formula is C32H43N5. The van der Waals surface area contributed by atoms with Gasteiger partial charge in [-0.25, -0.2) is 9.67 Å². The smallest absolute Gasteiger partial charge is 0.163 e. The fraction of sp³-hybridized carbons (Fsp3) is 0.438. The summed E-state index contributed by atoms with van der Waals surface area (Å²) in [6.45, 7) is 24.0. The standard InChI is InChI=1S/C32H43N5/c1-10-13-25-18-26(15-14-24(25)11-2)34-23(6)35-31-28(12-3)22(5)36(27-16-17-27)37(31)29-19-30(32(7,8)9)33-20-21(29)4/h12,14-15,18-20,27,34H,5-6,10-11,13,16-17H2,1-4,7-9H3/b28-12-,35-31+. The van der Waals surface area contributed by atoms with Crippen LogP contribution in [-0.2, 0) is 18.3 Å². The summed E-state index contributed by atoms with van der Waals surface area (Å²) in [7, 11) is 0. The van der Waals surface area contributed by atoms with Gasteiger partial charge in [-0.2, -0.15) is 0 Å². The van der Waals surface area contributed by atoms with E-state index in [0.717, 1.165) is 70.8 Å². The molecule has 0 saturated heterocycles. The maximum atomic E-state index is 5.09. The van der Waals surface area contributed by atoms with Crippen LogP contribution in [0.25, 0.3) is 18.3 Å². The van der Waals surface area contributed by atoms with Crippen LogP contribution in [0, 0.1) is 6.92 Å². The van der Waals surface area contributed by atoms with Crippen molar-refractivity contribution in [1.82, 2.24) is 14.3 Å². The molecule has 0 unspecified atom stereocenters. The molecule has 2 aromatic heterocycles. The van der Waals surface area contributed by atoms with Crippen LogP contribution in [0.5, 0.6) is 0 Å². The summed E-state index contributed by atoms with van der Waals surface area (Å²) in [5.41, 5.74) is 7.86. The van der Waals surface area contributed by atoms with E-state index >= 15 is 0 Å². The number of pyridine rings is 1. The summed E-state index contributed by atoms with van der Waals surface area (Å²) in [6.07, 6.45) is 9.63. The predicted molar refractivity (Wildman–Crippen MR) is 156 cm³/mol. The number of nitrogens with zero attached hydrogens (tertiary/aromatic N) is 4. The number of aromatic nitrogens is 3. The molecule has 0 amide bonds. The molecular weight excluding hydrogens is 454 g/mol. The first-order valence-electron chi connectivity index (χ1n) is 13.7. The Morgan fingerprint density at radius 3 is 2.51 bits per heavy atom. The molecule has 2 heterocycles. The van der Waals surface area contributed by atoms with Crippen LogP contribution in [0.1, 0.15) is 89.2 Å². The van der Waals surface area contributed by atoms with Crippen molar-refractivity contribution in [2.45, 2.75) is 92.0 Å². The Bertz CT molecular complexity index is 1490. The first-order valence-corrected chi connectivity index (χ1v) is 13.7. The number of aryl methyl sites for hydroxylation is 3. The van der Waals surface area contributed by atoms with Gasteiger partial charge in [0.1, 0.15) is 5.82 Å². The molecule has 0 bridgehead atoms. The monoisotopic (exact) mass is 497 g/mol. The first kappa shape index (κ1) is 26.7. The minimum atomic E-state index is -0.0592. The van der Waals surface area contributed by atoms with E-state index in [9.17, 15) is 0 Å². The van der Waals surface area contributed by atoms with E-state index in [4.69, 9.17) is 9.98 Å². The van der Waals surface area contributed by atoms with Gasteiger partial charge in [-0.1, -0.05) is 66.3 Å². The van der Waals surface area contributed by atoms with Crippen LogP contribution in [-0.4, -0.2) is 14.3 Å². The van der Waals surface area contributed by atoms with Gasteiger partial charge in [0.25, 0.3) is 0 Å². The average molecular weight is 498 g/mol. The molecule has 1 aliphatic carbocycles. The maximum absolute atomic E-state index is 5.09. The molecule has 1 fully saturated rings. The Labute approximate surface area is 222 Å². The van der Waals surface area contributed by atoms with Gasteiger partial charge in [0.15, 0.2) is 5.49 Å². The van der Waals surface area contributed by atoms with E-state index in [1.54, 1.807) is 0 Å². The Morgan fingerprint density at radius 2 is 1.92 bits per heavy atom. The van der Waals surface area contributed by atoms with Crippen LogP contribution >= 0.6 is 0 Å². The summed E-state index contributed by atoms with van der Waals surface area (Å²) in [6, 6.07) is 9.24. The predicted octanol–water partition coefficient (Wildman–Crippen LogP) is 5.82. The Morgan fingerprint density at radius 1 is 1.19 bits per heavy atom. The molecule has 5 heteroatoms. The van der Waals surface area contributed by atoms with Crippen molar-refractivity contribution in [2.24, 2.45) is 4.99 Å². The Hall–Kier alpha value is -3.34. The van der Waals surface area contributed by atoms with Crippen molar-refractivity contribution in [1.29, 1.82) is 0 Å². The van der Waals surface area contributed by atoms with Gasteiger partial charge in [-0.05, 0) is 74.4 Å². The second kappa shape index (κ2) is 10.6. The van der Waals surface area contributed by atoms with E-state index in [1.165, 1.54) is 11.1 Å². The Balaban J connectivity index is 1.88. The molecule has 3 aromatic rings.